The third kappa shape index (κ3) is 1.31. The van der Waals surface area contributed by atoms with Gasteiger partial charge in [-0.2, -0.15) is 8.78 Å². The Morgan fingerprint density at radius 3 is 2.24 bits per heavy atom. The Labute approximate surface area is 93.2 Å². The Balaban J connectivity index is 2.47. The van der Waals surface area contributed by atoms with Gasteiger partial charge in [0.15, 0.2) is 17.9 Å². The van der Waals surface area contributed by atoms with E-state index in [9.17, 15) is 32.2 Å². The number of hydrogen-bond acceptors (Lipinski definition) is 3. The monoisotopic (exact) mass is 262 g/mol. The quantitative estimate of drug-likeness (QED) is 0.637. The van der Waals surface area contributed by atoms with Crippen molar-refractivity contribution >= 4 is 0 Å². The zero-order chi connectivity index (χ0) is 13.2. The fourth-order valence-corrected chi connectivity index (χ4v) is 2.35. The normalized spacial score (nSPS) is 57.9. The SMILES string of the molecule is CC1(O)OC2CC(F)C(F)C(F)C2(O)C1(F)F. The summed E-state index contributed by atoms with van der Waals surface area (Å²) >= 11 is 0. The van der Waals surface area contributed by atoms with Crippen molar-refractivity contribution < 1.29 is 36.9 Å². The van der Waals surface area contributed by atoms with Crippen LogP contribution in [-0.2, 0) is 4.74 Å². The molecule has 0 bridgehead atoms. The molecule has 100 valence electrons. The van der Waals surface area contributed by atoms with E-state index >= 15 is 0 Å². The second-order valence-corrected chi connectivity index (χ2v) is 4.59. The van der Waals surface area contributed by atoms with Crippen LogP contribution < -0.4 is 0 Å². The van der Waals surface area contributed by atoms with Crippen LogP contribution in [0.4, 0.5) is 22.0 Å². The first-order valence-corrected chi connectivity index (χ1v) is 4.98. The number of rotatable bonds is 0. The Hall–Kier alpha value is -0.470. The van der Waals surface area contributed by atoms with Gasteiger partial charge in [0.05, 0.1) is 0 Å². The van der Waals surface area contributed by atoms with Crippen LogP contribution >= 0.6 is 0 Å². The lowest BCUT2D eigenvalue weighted by Crippen LogP contribution is -2.67. The molecule has 0 aromatic heterocycles. The Bertz CT molecular complexity index is 337. The van der Waals surface area contributed by atoms with Crippen LogP contribution in [0.1, 0.15) is 13.3 Å². The molecule has 0 aromatic rings. The van der Waals surface area contributed by atoms with Crippen molar-refractivity contribution in [2.75, 3.05) is 0 Å². The van der Waals surface area contributed by atoms with Crippen LogP contribution in [0.25, 0.3) is 0 Å². The first-order chi connectivity index (χ1) is 7.55. The summed E-state index contributed by atoms with van der Waals surface area (Å²) in [5.74, 6) is -7.60. The lowest BCUT2D eigenvalue weighted by atomic mass is 9.75. The van der Waals surface area contributed by atoms with Gasteiger partial charge in [-0.05, 0) is 6.92 Å². The summed E-state index contributed by atoms with van der Waals surface area (Å²) in [4.78, 5) is 0. The van der Waals surface area contributed by atoms with Gasteiger partial charge in [-0.15, -0.1) is 0 Å². The highest BCUT2D eigenvalue weighted by molar-refractivity contribution is 5.19. The summed E-state index contributed by atoms with van der Waals surface area (Å²) in [6.07, 6.45) is -11.3. The molecule has 0 radical (unpaired) electrons. The predicted molar refractivity (Wildman–Crippen MR) is 44.7 cm³/mol. The Kier molecular flexibility index (Phi) is 2.52. The second kappa shape index (κ2) is 3.30. The summed E-state index contributed by atoms with van der Waals surface area (Å²) in [6, 6.07) is 0. The van der Waals surface area contributed by atoms with Gasteiger partial charge in [0.2, 0.25) is 5.79 Å². The van der Waals surface area contributed by atoms with E-state index in [1.165, 1.54) is 0 Å². The molecule has 8 heteroatoms. The van der Waals surface area contributed by atoms with Crippen LogP contribution in [0, 0.1) is 0 Å². The molecule has 0 spiro atoms. The average molecular weight is 262 g/mol. The zero-order valence-electron chi connectivity index (χ0n) is 8.71. The minimum absolute atomic E-state index is 0.510. The van der Waals surface area contributed by atoms with E-state index in [1.54, 1.807) is 0 Å². The van der Waals surface area contributed by atoms with Gasteiger partial charge in [0.1, 0.15) is 12.3 Å². The molecule has 0 aromatic carbocycles. The number of halogens is 5. The number of fused-ring (bicyclic) bond motifs is 1. The lowest BCUT2D eigenvalue weighted by molar-refractivity contribution is -0.292. The average Bonchev–Trinajstić information content (AvgIpc) is 2.34. The van der Waals surface area contributed by atoms with Crippen molar-refractivity contribution in [3.05, 3.63) is 0 Å². The highest BCUT2D eigenvalue weighted by Crippen LogP contribution is 2.56. The van der Waals surface area contributed by atoms with Crippen LogP contribution in [0.2, 0.25) is 0 Å². The molecule has 0 amide bonds. The van der Waals surface area contributed by atoms with E-state index in [0.717, 1.165) is 0 Å². The molecule has 3 nitrogen and oxygen atoms in total. The molecule has 1 saturated heterocycles. The van der Waals surface area contributed by atoms with Crippen molar-refractivity contribution in [2.45, 2.75) is 55.3 Å². The second-order valence-electron chi connectivity index (χ2n) is 4.59. The molecule has 1 saturated carbocycles. The van der Waals surface area contributed by atoms with Crippen molar-refractivity contribution in [3.63, 3.8) is 0 Å². The van der Waals surface area contributed by atoms with Gasteiger partial charge >= 0.3 is 5.92 Å². The minimum Gasteiger partial charge on any atom is -0.378 e. The van der Waals surface area contributed by atoms with Crippen LogP contribution in [0.15, 0.2) is 0 Å². The Morgan fingerprint density at radius 2 is 1.71 bits per heavy atom. The highest BCUT2D eigenvalue weighted by atomic mass is 19.3. The van der Waals surface area contributed by atoms with Crippen LogP contribution in [0.3, 0.4) is 0 Å². The molecule has 1 aliphatic carbocycles. The van der Waals surface area contributed by atoms with Crippen molar-refractivity contribution in [1.82, 2.24) is 0 Å². The van der Waals surface area contributed by atoms with Crippen molar-refractivity contribution in [2.24, 2.45) is 0 Å². The highest BCUT2D eigenvalue weighted by Gasteiger charge is 2.80. The fourth-order valence-electron chi connectivity index (χ4n) is 2.35. The van der Waals surface area contributed by atoms with Crippen molar-refractivity contribution in [3.8, 4) is 0 Å². The van der Waals surface area contributed by atoms with E-state index in [-0.39, 0.29) is 0 Å². The largest absolute Gasteiger partial charge is 0.378 e. The summed E-state index contributed by atoms with van der Waals surface area (Å²) < 4.78 is 71.2. The number of ether oxygens (including phenoxy) is 1. The standard InChI is InChI=1S/C9H11F5O3/c1-7(15)9(13,14)8(16)4(17-7)2-3(10)5(11)6(8)12/h3-6,15-16H,2H2,1H3. The number of aliphatic hydroxyl groups is 2. The number of hydrogen-bond donors (Lipinski definition) is 2. The van der Waals surface area contributed by atoms with Crippen molar-refractivity contribution in [1.29, 1.82) is 0 Å². The molecule has 17 heavy (non-hydrogen) atoms. The summed E-state index contributed by atoms with van der Waals surface area (Å²) in [5.41, 5.74) is -3.56. The predicted octanol–water partition coefficient (Wildman–Crippen LogP) is 0.878. The molecule has 1 aliphatic heterocycles. The molecular formula is C9H11F5O3. The Morgan fingerprint density at radius 1 is 1.18 bits per heavy atom. The van der Waals surface area contributed by atoms with Gasteiger partial charge in [-0.1, -0.05) is 0 Å². The first kappa shape index (κ1) is 13.0. The third-order valence-corrected chi connectivity index (χ3v) is 3.43. The van der Waals surface area contributed by atoms with E-state index < -0.39 is 48.4 Å². The summed E-state index contributed by atoms with van der Waals surface area (Å²) in [5, 5.41) is 18.9. The van der Waals surface area contributed by atoms with E-state index in [4.69, 9.17) is 0 Å². The molecule has 2 rings (SSSR count). The lowest BCUT2D eigenvalue weighted by Gasteiger charge is -2.41. The topological polar surface area (TPSA) is 49.7 Å². The molecule has 2 aliphatic rings. The first-order valence-electron chi connectivity index (χ1n) is 4.98. The van der Waals surface area contributed by atoms with Gasteiger partial charge in [0.25, 0.3) is 0 Å². The van der Waals surface area contributed by atoms with E-state index in [1.807, 2.05) is 0 Å². The summed E-state index contributed by atoms with van der Waals surface area (Å²) in [7, 11) is 0. The minimum atomic E-state index is -4.44. The number of alkyl halides is 5. The molecule has 1 heterocycles. The summed E-state index contributed by atoms with van der Waals surface area (Å²) in [6.45, 7) is 0.510. The maximum atomic E-state index is 13.6. The molecule has 6 unspecified atom stereocenters. The van der Waals surface area contributed by atoms with Gasteiger partial charge in [0, 0.05) is 6.42 Å². The van der Waals surface area contributed by atoms with Crippen LogP contribution in [-0.4, -0.2) is 52.1 Å². The third-order valence-electron chi connectivity index (χ3n) is 3.43. The van der Waals surface area contributed by atoms with E-state index in [2.05, 4.69) is 4.74 Å². The maximum Gasteiger partial charge on any atom is 0.333 e. The maximum absolute atomic E-state index is 13.6. The molecular weight excluding hydrogens is 251 g/mol. The van der Waals surface area contributed by atoms with Gasteiger partial charge in [-0.3, -0.25) is 0 Å². The van der Waals surface area contributed by atoms with E-state index in [0.29, 0.717) is 6.92 Å². The molecule has 6 atom stereocenters. The fraction of sp³-hybridized carbons (Fsp3) is 1.00. The van der Waals surface area contributed by atoms with Gasteiger partial charge < -0.3 is 14.9 Å². The molecule has 2 N–H and O–H groups in total. The smallest absolute Gasteiger partial charge is 0.333 e. The zero-order valence-corrected chi connectivity index (χ0v) is 8.71. The van der Waals surface area contributed by atoms with Gasteiger partial charge in [-0.25, -0.2) is 13.2 Å². The molecule has 2 fully saturated rings. The van der Waals surface area contributed by atoms with Crippen LogP contribution in [0.5, 0.6) is 0 Å².